The first-order valence-electron chi connectivity index (χ1n) is 8.48. The Labute approximate surface area is 140 Å². The van der Waals surface area contributed by atoms with Gasteiger partial charge in [-0.1, -0.05) is 60.8 Å². The second-order valence-electron chi connectivity index (χ2n) is 6.68. The van der Waals surface area contributed by atoms with Crippen LogP contribution >= 0.6 is 0 Å². The molecule has 1 heteroatoms. The summed E-state index contributed by atoms with van der Waals surface area (Å²) in [5.74, 6) is 1.21. The third-order valence-corrected chi connectivity index (χ3v) is 5.25. The number of rotatable bonds is 6. The molecular formula is C22H26O. The first-order valence-corrected chi connectivity index (χ1v) is 8.48. The third kappa shape index (κ3) is 2.86. The summed E-state index contributed by atoms with van der Waals surface area (Å²) < 4.78 is 6.64. The quantitative estimate of drug-likeness (QED) is 0.603. The van der Waals surface area contributed by atoms with Gasteiger partial charge in [0.2, 0.25) is 0 Å². The average Bonchev–Trinajstić information content (AvgIpc) is 2.56. The van der Waals surface area contributed by atoms with Gasteiger partial charge in [-0.05, 0) is 30.8 Å². The molecule has 1 heterocycles. The summed E-state index contributed by atoms with van der Waals surface area (Å²) >= 11 is 0. The fourth-order valence-corrected chi connectivity index (χ4v) is 4.30. The maximum atomic E-state index is 6.64. The van der Waals surface area contributed by atoms with Crippen LogP contribution in [0.3, 0.4) is 0 Å². The predicted octanol–water partition coefficient (Wildman–Crippen LogP) is 5.32. The van der Waals surface area contributed by atoms with E-state index in [1.165, 1.54) is 5.57 Å². The number of hydrogen-bond acceptors (Lipinski definition) is 1. The lowest BCUT2D eigenvalue weighted by atomic mass is 9.63. The molecule has 23 heavy (non-hydrogen) atoms. The highest BCUT2D eigenvalue weighted by Gasteiger charge is 2.51. The lowest BCUT2D eigenvalue weighted by Gasteiger charge is -2.53. The van der Waals surface area contributed by atoms with Gasteiger partial charge in [0.25, 0.3) is 0 Å². The summed E-state index contributed by atoms with van der Waals surface area (Å²) in [7, 11) is 0. The molecule has 0 N–H and O–H groups in total. The van der Waals surface area contributed by atoms with Crippen molar-refractivity contribution in [1.82, 2.24) is 0 Å². The van der Waals surface area contributed by atoms with Gasteiger partial charge in [-0.25, -0.2) is 0 Å². The maximum Gasteiger partial charge on any atom is 0.0835 e. The maximum absolute atomic E-state index is 6.64. The van der Waals surface area contributed by atoms with Crippen LogP contribution in [0.4, 0.5) is 0 Å². The van der Waals surface area contributed by atoms with Gasteiger partial charge in [0.15, 0.2) is 0 Å². The molecule has 1 fully saturated rings. The molecule has 1 nitrogen and oxygen atoms in total. The Bertz CT molecular complexity index is 591. The lowest BCUT2D eigenvalue weighted by molar-refractivity contribution is -0.163. The van der Waals surface area contributed by atoms with Crippen LogP contribution in [0.25, 0.3) is 0 Å². The molecular weight excluding hydrogens is 280 g/mol. The standard InChI is InChI=1S/C22H26O/c1-4-9-17-12-13-20-19(16-17)18-10-7-8-11-21(18)23-22(20,14-5-2)15-6-3/h4-8,10-13,16,18-21H,1-3,9,14-15H2. The monoisotopic (exact) mass is 306 g/mol. The first-order chi connectivity index (χ1) is 11.2. The van der Waals surface area contributed by atoms with E-state index in [4.69, 9.17) is 4.74 Å². The summed E-state index contributed by atoms with van der Waals surface area (Å²) in [6.07, 6.45) is 24.5. The minimum atomic E-state index is -0.239. The molecule has 1 saturated heterocycles. The van der Waals surface area contributed by atoms with E-state index in [-0.39, 0.29) is 11.7 Å². The summed E-state index contributed by atoms with van der Waals surface area (Å²) in [5, 5.41) is 0. The Morgan fingerprint density at radius 3 is 2.39 bits per heavy atom. The zero-order chi connectivity index (χ0) is 16.3. The van der Waals surface area contributed by atoms with Crippen LogP contribution in [-0.2, 0) is 4.74 Å². The smallest absolute Gasteiger partial charge is 0.0835 e. The van der Waals surface area contributed by atoms with Gasteiger partial charge in [0.05, 0.1) is 11.7 Å². The largest absolute Gasteiger partial charge is 0.366 e. The summed E-state index contributed by atoms with van der Waals surface area (Å²) in [6, 6.07) is 0. The van der Waals surface area contributed by atoms with E-state index >= 15 is 0 Å². The summed E-state index contributed by atoms with van der Waals surface area (Å²) in [4.78, 5) is 0. The number of ether oxygens (including phenoxy) is 1. The minimum absolute atomic E-state index is 0.133. The molecule has 1 aliphatic heterocycles. The van der Waals surface area contributed by atoms with Crippen LogP contribution in [0, 0.1) is 17.8 Å². The second kappa shape index (κ2) is 6.72. The molecule has 3 aliphatic rings. The van der Waals surface area contributed by atoms with Gasteiger partial charge in [0.1, 0.15) is 0 Å². The van der Waals surface area contributed by atoms with Gasteiger partial charge in [0, 0.05) is 11.8 Å². The molecule has 0 aromatic heterocycles. The topological polar surface area (TPSA) is 9.23 Å². The van der Waals surface area contributed by atoms with Crippen LogP contribution in [0.1, 0.15) is 19.3 Å². The Hall–Kier alpha value is -1.86. The highest BCUT2D eigenvalue weighted by Crippen LogP contribution is 2.50. The Morgan fingerprint density at radius 2 is 1.70 bits per heavy atom. The van der Waals surface area contributed by atoms with Gasteiger partial charge in [-0.2, -0.15) is 0 Å². The van der Waals surface area contributed by atoms with Crippen molar-refractivity contribution >= 4 is 0 Å². The SMILES string of the molecule is C=CCC1=CC2C3C=CC=CC3OC(CC=C)(CC=C)C2C=C1. The predicted molar refractivity (Wildman–Crippen MR) is 98.0 cm³/mol. The molecule has 4 unspecified atom stereocenters. The van der Waals surface area contributed by atoms with Gasteiger partial charge in [-0.15, -0.1) is 19.7 Å². The average molecular weight is 306 g/mol. The van der Waals surface area contributed by atoms with E-state index < -0.39 is 0 Å². The third-order valence-electron chi connectivity index (χ3n) is 5.25. The highest BCUT2D eigenvalue weighted by molar-refractivity contribution is 5.34. The fourth-order valence-electron chi connectivity index (χ4n) is 4.30. The van der Waals surface area contributed by atoms with Crippen molar-refractivity contribution < 1.29 is 4.74 Å². The van der Waals surface area contributed by atoms with Crippen LogP contribution in [0.5, 0.6) is 0 Å². The van der Waals surface area contributed by atoms with E-state index in [1.54, 1.807) is 0 Å². The van der Waals surface area contributed by atoms with Gasteiger partial charge in [-0.3, -0.25) is 0 Å². The van der Waals surface area contributed by atoms with Gasteiger partial charge < -0.3 is 4.74 Å². The number of fused-ring (bicyclic) bond motifs is 3. The van der Waals surface area contributed by atoms with E-state index in [1.807, 2.05) is 18.2 Å². The molecule has 0 bridgehead atoms. The molecule has 0 aromatic rings. The second-order valence-corrected chi connectivity index (χ2v) is 6.68. The van der Waals surface area contributed by atoms with Crippen LogP contribution < -0.4 is 0 Å². The van der Waals surface area contributed by atoms with E-state index in [2.05, 4.69) is 62.3 Å². The molecule has 0 amide bonds. The number of allylic oxidation sites excluding steroid dienone is 6. The van der Waals surface area contributed by atoms with Crippen molar-refractivity contribution in [2.24, 2.45) is 17.8 Å². The van der Waals surface area contributed by atoms with E-state index in [0.29, 0.717) is 17.8 Å². The van der Waals surface area contributed by atoms with Crippen molar-refractivity contribution in [3.63, 3.8) is 0 Å². The fraction of sp³-hybridized carbons (Fsp3) is 0.364. The molecule has 3 rings (SSSR count). The van der Waals surface area contributed by atoms with Gasteiger partial charge >= 0.3 is 0 Å². The first kappa shape index (κ1) is 16.0. The van der Waals surface area contributed by atoms with Crippen molar-refractivity contribution in [3.8, 4) is 0 Å². The lowest BCUT2D eigenvalue weighted by Crippen LogP contribution is -2.54. The zero-order valence-electron chi connectivity index (χ0n) is 13.7. The Morgan fingerprint density at radius 1 is 0.957 bits per heavy atom. The van der Waals surface area contributed by atoms with Crippen LogP contribution in [-0.4, -0.2) is 11.7 Å². The molecule has 2 aliphatic carbocycles. The van der Waals surface area contributed by atoms with Crippen molar-refractivity contribution in [2.75, 3.05) is 0 Å². The molecule has 4 atom stereocenters. The summed E-state index contributed by atoms with van der Waals surface area (Å²) in [5.41, 5.74) is 1.12. The molecule has 0 saturated carbocycles. The Kier molecular flexibility index (Phi) is 4.68. The van der Waals surface area contributed by atoms with Crippen molar-refractivity contribution in [2.45, 2.75) is 31.0 Å². The molecule has 0 spiro atoms. The molecule has 0 radical (unpaired) electrons. The number of hydrogen-bond donors (Lipinski definition) is 0. The van der Waals surface area contributed by atoms with Crippen molar-refractivity contribution in [1.29, 1.82) is 0 Å². The normalized spacial score (nSPS) is 33.3. The minimum Gasteiger partial charge on any atom is -0.366 e. The Balaban J connectivity index is 2.02. The molecule has 0 aromatic carbocycles. The zero-order valence-corrected chi connectivity index (χ0v) is 13.7. The van der Waals surface area contributed by atoms with Crippen LogP contribution in [0.15, 0.2) is 86.1 Å². The summed E-state index contributed by atoms with van der Waals surface area (Å²) in [6.45, 7) is 11.8. The van der Waals surface area contributed by atoms with Crippen molar-refractivity contribution in [3.05, 3.63) is 86.1 Å². The van der Waals surface area contributed by atoms with Crippen LogP contribution in [0.2, 0.25) is 0 Å². The molecule has 120 valence electrons. The van der Waals surface area contributed by atoms with E-state index in [0.717, 1.165) is 19.3 Å². The van der Waals surface area contributed by atoms with E-state index in [9.17, 15) is 0 Å². The highest BCUT2D eigenvalue weighted by atomic mass is 16.5.